The van der Waals surface area contributed by atoms with Crippen LogP contribution in [0.5, 0.6) is 0 Å². The lowest BCUT2D eigenvalue weighted by atomic mass is 10.1. The summed E-state index contributed by atoms with van der Waals surface area (Å²) in [4.78, 5) is 23.3. The van der Waals surface area contributed by atoms with Crippen molar-refractivity contribution in [3.63, 3.8) is 0 Å². The summed E-state index contributed by atoms with van der Waals surface area (Å²) in [6, 6.07) is 10.9. The molecule has 6 nitrogen and oxygen atoms in total. The second kappa shape index (κ2) is 6.76. The van der Waals surface area contributed by atoms with Crippen LogP contribution in [0, 0.1) is 13.8 Å². The van der Waals surface area contributed by atoms with Gasteiger partial charge >= 0.3 is 0 Å². The number of nitrogens with zero attached hydrogens (tertiary/aromatic N) is 1. The van der Waals surface area contributed by atoms with Gasteiger partial charge in [-0.15, -0.1) is 0 Å². The lowest BCUT2D eigenvalue weighted by molar-refractivity contribution is -0.116. The number of hydrogen-bond donors (Lipinski definition) is 2. The zero-order chi connectivity index (χ0) is 18.0. The number of fused-ring (bicyclic) bond motifs is 1. The molecule has 0 saturated heterocycles. The molecule has 6 heteroatoms. The van der Waals surface area contributed by atoms with Crippen LogP contribution in [0.4, 0.5) is 11.4 Å². The largest absolute Gasteiger partial charge is 0.356 e. The number of amides is 2. The number of carbonyl (C=O) groups is 2. The maximum atomic E-state index is 12.3. The minimum Gasteiger partial charge on any atom is -0.356 e. The first-order valence-corrected chi connectivity index (χ1v) is 7.95. The van der Waals surface area contributed by atoms with Crippen LogP contribution in [-0.2, 0) is 16.0 Å². The Morgan fingerprint density at radius 3 is 2.32 bits per heavy atom. The molecular weight excluding hydrogens is 318 g/mol. The highest BCUT2D eigenvalue weighted by atomic mass is 16.5. The second-order valence-corrected chi connectivity index (χ2v) is 6.07. The molecule has 3 aromatic rings. The van der Waals surface area contributed by atoms with Crippen molar-refractivity contribution in [2.24, 2.45) is 0 Å². The molecule has 2 N–H and O–H groups in total. The summed E-state index contributed by atoms with van der Waals surface area (Å²) in [7, 11) is 0. The lowest BCUT2D eigenvalue weighted by Crippen LogP contribution is -2.14. The van der Waals surface area contributed by atoms with Crippen molar-refractivity contribution in [1.82, 2.24) is 5.16 Å². The normalized spacial score (nSPS) is 10.7. The maximum absolute atomic E-state index is 12.3. The van der Waals surface area contributed by atoms with Gasteiger partial charge in [-0.1, -0.05) is 11.2 Å². The number of aromatic nitrogens is 1. The first-order chi connectivity index (χ1) is 11.9. The molecule has 0 spiro atoms. The van der Waals surface area contributed by atoms with Gasteiger partial charge in [-0.25, -0.2) is 0 Å². The van der Waals surface area contributed by atoms with E-state index in [4.69, 9.17) is 4.52 Å². The Labute approximate surface area is 145 Å². The van der Waals surface area contributed by atoms with Crippen LogP contribution >= 0.6 is 0 Å². The van der Waals surface area contributed by atoms with E-state index in [1.165, 1.54) is 6.92 Å². The maximum Gasteiger partial charge on any atom is 0.230 e. The van der Waals surface area contributed by atoms with E-state index in [1.54, 1.807) is 24.3 Å². The summed E-state index contributed by atoms with van der Waals surface area (Å²) < 4.78 is 5.37. The van der Waals surface area contributed by atoms with Crippen LogP contribution in [0.25, 0.3) is 11.0 Å². The number of carbonyl (C=O) groups excluding carboxylic acids is 2. The van der Waals surface area contributed by atoms with E-state index in [0.717, 1.165) is 16.5 Å². The fraction of sp³-hybridized carbons (Fsp3) is 0.211. The van der Waals surface area contributed by atoms with Crippen LogP contribution in [0.1, 0.15) is 23.7 Å². The SMILES string of the molecule is CC(=O)Nc1ccc(NC(=O)Cc2noc3c(C)cc(C)cc23)cc1. The van der Waals surface area contributed by atoms with E-state index >= 15 is 0 Å². The van der Waals surface area contributed by atoms with Gasteiger partial charge in [0.1, 0.15) is 5.69 Å². The Kier molecular flexibility index (Phi) is 4.52. The predicted octanol–water partition coefficient (Wildman–Crippen LogP) is 3.58. The first-order valence-electron chi connectivity index (χ1n) is 7.95. The molecule has 2 aromatic carbocycles. The Bertz CT molecular complexity index is 942. The second-order valence-electron chi connectivity index (χ2n) is 6.07. The third-order valence-corrected chi connectivity index (χ3v) is 3.79. The standard InChI is InChI=1S/C19H19N3O3/c1-11-8-12(2)19-16(9-11)17(22-25-19)10-18(24)21-15-6-4-14(5-7-15)20-13(3)23/h4-9H,10H2,1-3H3,(H,20,23)(H,21,24). The Hall–Kier alpha value is -3.15. The highest BCUT2D eigenvalue weighted by molar-refractivity contribution is 5.95. The van der Waals surface area contributed by atoms with E-state index in [0.29, 0.717) is 22.7 Å². The third-order valence-electron chi connectivity index (χ3n) is 3.79. The summed E-state index contributed by atoms with van der Waals surface area (Å²) in [6.45, 7) is 5.41. The van der Waals surface area contributed by atoms with Gasteiger partial charge in [-0.3, -0.25) is 9.59 Å². The fourth-order valence-electron chi connectivity index (χ4n) is 2.76. The highest BCUT2D eigenvalue weighted by Crippen LogP contribution is 2.24. The zero-order valence-electron chi connectivity index (χ0n) is 14.3. The quantitative estimate of drug-likeness (QED) is 0.762. The number of nitrogens with one attached hydrogen (secondary N) is 2. The predicted molar refractivity (Wildman–Crippen MR) is 96.6 cm³/mol. The van der Waals surface area contributed by atoms with Crippen molar-refractivity contribution in [1.29, 1.82) is 0 Å². The molecule has 0 saturated carbocycles. The van der Waals surface area contributed by atoms with E-state index in [1.807, 2.05) is 26.0 Å². The van der Waals surface area contributed by atoms with Crippen LogP contribution < -0.4 is 10.6 Å². The van der Waals surface area contributed by atoms with Gasteiger partial charge in [0, 0.05) is 23.7 Å². The number of benzene rings is 2. The van der Waals surface area contributed by atoms with Crippen molar-refractivity contribution >= 4 is 34.2 Å². The van der Waals surface area contributed by atoms with Gasteiger partial charge in [-0.2, -0.15) is 0 Å². The van der Waals surface area contributed by atoms with E-state index < -0.39 is 0 Å². The summed E-state index contributed by atoms with van der Waals surface area (Å²) in [5, 5.41) is 10.4. The Morgan fingerprint density at radius 1 is 1.04 bits per heavy atom. The Morgan fingerprint density at radius 2 is 1.68 bits per heavy atom. The average molecular weight is 337 g/mol. The molecule has 128 valence electrons. The molecule has 0 unspecified atom stereocenters. The molecule has 0 aliphatic rings. The molecule has 0 aliphatic carbocycles. The van der Waals surface area contributed by atoms with Gasteiger partial charge in [0.2, 0.25) is 11.8 Å². The zero-order valence-corrected chi connectivity index (χ0v) is 14.3. The fourth-order valence-corrected chi connectivity index (χ4v) is 2.76. The van der Waals surface area contributed by atoms with Crippen LogP contribution in [0.2, 0.25) is 0 Å². The van der Waals surface area contributed by atoms with Gasteiger partial charge in [0.25, 0.3) is 0 Å². The minimum atomic E-state index is -0.179. The summed E-state index contributed by atoms with van der Waals surface area (Å²) in [5.74, 6) is -0.318. The van der Waals surface area contributed by atoms with Crippen molar-refractivity contribution in [3.8, 4) is 0 Å². The van der Waals surface area contributed by atoms with Gasteiger partial charge in [-0.05, 0) is 55.3 Å². The molecule has 0 atom stereocenters. The van der Waals surface area contributed by atoms with E-state index in [2.05, 4.69) is 15.8 Å². The van der Waals surface area contributed by atoms with Gasteiger partial charge in [0.05, 0.1) is 6.42 Å². The number of hydrogen-bond acceptors (Lipinski definition) is 4. The van der Waals surface area contributed by atoms with Gasteiger partial charge < -0.3 is 15.2 Å². The number of rotatable bonds is 4. The summed E-state index contributed by atoms with van der Waals surface area (Å²) in [5.41, 5.74) is 4.77. The molecule has 25 heavy (non-hydrogen) atoms. The van der Waals surface area contributed by atoms with Crippen LogP contribution in [0.3, 0.4) is 0 Å². The molecule has 1 heterocycles. The van der Waals surface area contributed by atoms with Crippen molar-refractivity contribution in [2.75, 3.05) is 10.6 Å². The number of anilines is 2. The monoisotopic (exact) mass is 337 g/mol. The molecule has 0 radical (unpaired) electrons. The average Bonchev–Trinajstić information content (AvgIpc) is 2.92. The van der Waals surface area contributed by atoms with Crippen LogP contribution in [-0.4, -0.2) is 17.0 Å². The molecule has 0 bridgehead atoms. The van der Waals surface area contributed by atoms with Crippen molar-refractivity contribution < 1.29 is 14.1 Å². The van der Waals surface area contributed by atoms with Crippen molar-refractivity contribution in [2.45, 2.75) is 27.2 Å². The number of aryl methyl sites for hydroxylation is 2. The highest BCUT2D eigenvalue weighted by Gasteiger charge is 2.14. The van der Waals surface area contributed by atoms with E-state index in [9.17, 15) is 9.59 Å². The first kappa shape index (κ1) is 16.7. The van der Waals surface area contributed by atoms with Crippen molar-refractivity contribution in [3.05, 3.63) is 53.2 Å². The summed E-state index contributed by atoms with van der Waals surface area (Å²) in [6.07, 6.45) is 0.128. The summed E-state index contributed by atoms with van der Waals surface area (Å²) >= 11 is 0. The van der Waals surface area contributed by atoms with E-state index in [-0.39, 0.29) is 18.2 Å². The molecule has 0 fully saturated rings. The molecule has 1 aromatic heterocycles. The molecular formula is C19H19N3O3. The van der Waals surface area contributed by atoms with Gasteiger partial charge in [0.15, 0.2) is 5.58 Å². The smallest absolute Gasteiger partial charge is 0.230 e. The Balaban J connectivity index is 1.71. The molecule has 3 rings (SSSR count). The molecule has 0 aliphatic heterocycles. The lowest BCUT2D eigenvalue weighted by Gasteiger charge is -2.06. The molecule has 2 amide bonds. The minimum absolute atomic E-state index is 0.128. The topological polar surface area (TPSA) is 84.2 Å². The third kappa shape index (κ3) is 3.85. The van der Waals surface area contributed by atoms with Crippen LogP contribution in [0.15, 0.2) is 40.9 Å².